The normalized spacial score (nSPS) is 22.4. The second-order valence-electron chi connectivity index (χ2n) is 4.34. The van der Waals surface area contributed by atoms with Gasteiger partial charge in [0.05, 0.1) is 5.41 Å². The molecule has 1 heteroatoms. The van der Waals surface area contributed by atoms with E-state index in [1.165, 1.54) is 0 Å². The molecule has 0 saturated heterocycles. The Morgan fingerprint density at radius 3 is 2.65 bits per heavy atom. The number of rotatable bonds is 4. The molecule has 0 radical (unpaired) electrons. The SMILES string of the molecule is C=CCC1(C(=O)c2ccccc2)C=CC=CC1. The van der Waals surface area contributed by atoms with Gasteiger partial charge in [-0.1, -0.05) is 60.7 Å². The van der Waals surface area contributed by atoms with Crippen LogP contribution in [0.15, 0.2) is 67.3 Å². The largest absolute Gasteiger partial charge is 0.293 e. The van der Waals surface area contributed by atoms with Crippen molar-refractivity contribution in [1.29, 1.82) is 0 Å². The molecule has 1 aromatic rings. The van der Waals surface area contributed by atoms with Crippen molar-refractivity contribution in [3.8, 4) is 0 Å². The van der Waals surface area contributed by atoms with Gasteiger partial charge in [-0.15, -0.1) is 6.58 Å². The number of hydrogen-bond donors (Lipinski definition) is 0. The van der Waals surface area contributed by atoms with Crippen LogP contribution in [0.25, 0.3) is 0 Å². The van der Waals surface area contributed by atoms with Crippen LogP contribution in [0.2, 0.25) is 0 Å². The third-order valence-corrected chi connectivity index (χ3v) is 3.14. The molecule has 1 aromatic carbocycles. The Hall–Kier alpha value is -1.89. The Morgan fingerprint density at radius 2 is 2.06 bits per heavy atom. The van der Waals surface area contributed by atoms with Crippen molar-refractivity contribution in [2.75, 3.05) is 0 Å². The number of benzene rings is 1. The van der Waals surface area contributed by atoms with E-state index < -0.39 is 5.41 Å². The molecule has 1 aliphatic rings. The summed E-state index contributed by atoms with van der Waals surface area (Å²) < 4.78 is 0. The number of hydrogen-bond acceptors (Lipinski definition) is 1. The molecule has 0 heterocycles. The molecule has 2 rings (SSSR count). The standard InChI is InChI=1S/C16H16O/c1-2-11-16(12-7-4-8-13-16)15(17)14-9-5-3-6-10-14/h2-10,12H,1,11,13H2. The summed E-state index contributed by atoms with van der Waals surface area (Å²) in [6.45, 7) is 3.77. The zero-order valence-electron chi connectivity index (χ0n) is 9.80. The van der Waals surface area contributed by atoms with Crippen LogP contribution in [0.3, 0.4) is 0 Å². The molecule has 1 atom stereocenters. The summed E-state index contributed by atoms with van der Waals surface area (Å²) in [5.74, 6) is 0.179. The Bertz CT molecular complexity index is 464. The number of carbonyl (C=O) groups excluding carboxylic acids is 1. The van der Waals surface area contributed by atoms with Gasteiger partial charge in [0.2, 0.25) is 0 Å². The van der Waals surface area contributed by atoms with Gasteiger partial charge in [0.1, 0.15) is 0 Å². The van der Waals surface area contributed by atoms with Crippen LogP contribution in [-0.4, -0.2) is 5.78 Å². The maximum Gasteiger partial charge on any atom is 0.173 e. The monoisotopic (exact) mass is 224 g/mol. The molecule has 1 unspecified atom stereocenters. The Labute approximate surface area is 102 Å². The molecule has 0 saturated carbocycles. The Morgan fingerprint density at radius 1 is 1.29 bits per heavy atom. The maximum atomic E-state index is 12.6. The van der Waals surface area contributed by atoms with E-state index in [0.717, 1.165) is 12.0 Å². The van der Waals surface area contributed by atoms with E-state index >= 15 is 0 Å². The van der Waals surface area contributed by atoms with Gasteiger partial charge in [-0.3, -0.25) is 4.79 Å². The Balaban J connectivity index is 2.35. The van der Waals surface area contributed by atoms with Crippen LogP contribution in [0, 0.1) is 5.41 Å². The predicted molar refractivity (Wildman–Crippen MR) is 70.9 cm³/mol. The number of carbonyl (C=O) groups is 1. The summed E-state index contributed by atoms with van der Waals surface area (Å²) in [5.41, 5.74) is 0.340. The van der Waals surface area contributed by atoms with Gasteiger partial charge in [-0.2, -0.15) is 0 Å². The maximum absolute atomic E-state index is 12.6. The molecule has 0 spiro atoms. The molecular formula is C16H16O. The van der Waals surface area contributed by atoms with Crippen molar-refractivity contribution in [3.05, 3.63) is 72.9 Å². The van der Waals surface area contributed by atoms with Crippen LogP contribution < -0.4 is 0 Å². The van der Waals surface area contributed by atoms with Crippen LogP contribution in [-0.2, 0) is 0 Å². The van der Waals surface area contributed by atoms with Crippen molar-refractivity contribution >= 4 is 5.78 Å². The summed E-state index contributed by atoms with van der Waals surface area (Å²) in [6, 6.07) is 9.47. The van der Waals surface area contributed by atoms with Gasteiger partial charge >= 0.3 is 0 Å². The molecule has 0 aliphatic heterocycles. The summed E-state index contributed by atoms with van der Waals surface area (Å²) in [4.78, 5) is 12.6. The van der Waals surface area contributed by atoms with E-state index in [9.17, 15) is 4.79 Å². The first-order chi connectivity index (χ1) is 8.28. The van der Waals surface area contributed by atoms with E-state index in [1.54, 1.807) is 0 Å². The highest BCUT2D eigenvalue weighted by Gasteiger charge is 2.34. The quantitative estimate of drug-likeness (QED) is 0.559. The predicted octanol–water partition coefficient (Wildman–Crippen LogP) is 3.95. The highest BCUT2D eigenvalue weighted by molar-refractivity contribution is 6.02. The molecule has 0 aromatic heterocycles. The van der Waals surface area contributed by atoms with Gasteiger partial charge in [0.25, 0.3) is 0 Å². The first-order valence-corrected chi connectivity index (χ1v) is 5.84. The van der Waals surface area contributed by atoms with E-state index in [4.69, 9.17) is 0 Å². The molecule has 0 bridgehead atoms. The third kappa shape index (κ3) is 2.28. The first kappa shape index (κ1) is 11.6. The average molecular weight is 224 g/mol. The summed E-state index contributed by atoms with van der Waals surface area (Å²) in [7, 11) is 0. The highest BCUT2D eigenvalue weighted by Crippen LogP contribution is 2.35. The van der Waals surface area contributed by atoms with E-state index in [0.29, 0.717) is 6.42 Å². The minimum absolute atomic E-state index is 0.179. The number of allylic oxidation sites excluding steroid dienone is 5. The van der Waals surface area contributed by atoms with Crippen LogP contribution in [0.5, 0.6) is 0 Å². The molecule has 0 fully saturated rings. The summed E-state index contributed by atoms with van der Waals surface area (Å²) in [6.07, 6.45) is 11.2. The van der Waals surface area contributed by atoms with Crippen molar-refractivity contribution in [2.45, 2.75) is 12.8 Å². The molecule has 0 amide bonds. The molecule has 1 aliphatic carbocycles. The summed E-state index contributed by atoms with van der Waals surface area (Å²) in [5, 5.41) is 0. The van der Waals surface area contributed by atoms with Crippen molar-refractivity contribution in [1.82, 2.24) is 0 Å². The minimum Gasteiger partial charge on any atom is -0.293 e. The van der Waals surface area contributed by atoms with Gasteiger partial charge in [-0.25, -0.2) is 0 Å². The molecule has 0 N–H and O–H groups in total. The lowest BCUT2D eigenvalue weighted by molar-refractivity contribution is 0.0854. The average Bonchev–Trinajstić information content (AvgIpc) is 2.40. The highest BCUT2D eigenvalue weighted by atomic mass is 16.1. The lowest BCUT2D eigenvalue weighted by atomic mass is 9.73. The van der Waals surface area contributed by atoms with Gasteiger partial charge in [-0.05, 0) is 12.8 Å². The minimum atomic E-state index is -0.433. The fourth-order valence-electron chi connectivity index (χ4n) is 2.21. The van der Waals surface area contributed by atoms with E-state index in [2.05, 4.69) is 6.58 Å². The van der Waals surface area contributed by atoms with Gasteiger partial charge in [0, 0.05) is 5.56 Å². The zero-order valence-corrected chi connectivity index (χ0v) is 9.80. The zero-order chi connectivity index (χ0) is 12.1. The molecule has 17 heavy (non-hydrogen) atoms. The number of ketones is 1. The fourth-order valence-corrected chi connectivity index (χ4v) is 2.21. The summed E-state index contributed by atoms with van der Waals surface area (Å²) >= 11 is 0. The number of Topliss-reactive ketones (excluding diaryl/α,β-unsaturated/α-hetero) is 1. The Kier molecular flexibility index (Phi) is 3.38. The van der Waals surface area contributed by atoms with Crippen molar-refractivity contribution in [2.24, 2.45) is 5.41 Å². The van der Waals surface area contributed by atoms with Crippen molar-refractivity contribution in [3.63, 3.8) is 0 Å². The smallest absolute Gasteiger partial charge is 0.173 e. The fraction of sp³-hybridized carbons (Fsp3) is 0.188. The van der Waals surface area contributed by atoms with E-state index in [1.807, 2.05) is 60.7 Å². The molecular weight excluding hydrogens is 208 g/mol. The van der Waals surface area contributed by atoms with Crippen molar-refractivity contribution < 1.29 is 4.79 Å². The van der Waals surface area contributed by atoms with Gasteiger partial charge in [0.15, 0.2) is 5.78 Å². The van der Waals surface area contributed by atoms with Crippen LogP contribution in [0.4, 0.5) is 0 Å². The lowest BCUT2D eigenvalue weighted by Crippen LogP contribution is -2.29. The second kappa shape index (κ2) is 4.96. The third-order valence-electron chi connectivity index (χ3n) is 3.14. The first-order valence-electron chi connectivity index (χ1n) is 5.84. The second-order valence-corrected chi connectivity index (χ2v) is 4.34. The van der Waals surface area contributed by atoms with E-state index in [-0.39, 0.29) is 5.78 Å². The topological polar surface area (TPSA) is 17.1 Å². The molecule has 1 nitrogen and oxygen atoms in total. The van der Waals surface area contributed by atoms with Gasteiger partial charge < -0.3 is 0 Å². The van der Waals surface area contributed by atoms with Crippen LogP contribution >= 0.6 is 0 Å². The lowest BCUT2D eigenvalue weighted by Gasteiger charge is -2.28. The molecule has 86 valence electrons. The van der Waals surface area contributed by atoms with Crippen LogP contribution in [0.1, 0.15) is 23.2 Å².